The highest BCUT2D eigenvalue weighted by Gasteiger charge is 2.28. The van der Waals surface area contributed by atoms with Crippen LogP contribution in [0.5, 0.6) is 17.2 Å². The Kier molecular flexibility index (Phi) is 8.99. The van der Waals surface area contributed by atoms with E-state index in [0.29, 0.717) is 23.7 Å². The number of nitrogens with one attached hydrogen (secondary N) is 1. The highest BCUT2D eigenvalue weighted by atomic mass is 32.2. The molecule has 0 unspecified atom stereocenters. The molecule has 0 atom stereocenters. The Morgan fingerprint density at radius 1 is 0.935 bits per heavy atom. The van der Waals surface area contributed by atoms with Gasteiger partial charge in [-0.2, -0.15) is 0 Å². The lowest BCUT2D eigenvalue weighted by Gasteiger charge is -2.24. The van der Waals surface area contributed by atoms with E-state index in [2.05, 4.69) is 12.2 Å². The maximum atomic E-state index is 13.5. The van der Waals surface area contributed by atoms with Crippen molar-refractivity contribution in [3.8, 4) is 17.2 Å². The lowest BCUT2D eigenvalue weighted by atomic mass is 10.2. The second kappa shape index (κ2) is 11.5. The molecule has 0 aromatic heterocycles. The first-order valence-corrected chi connectivity index (χ1v) is 11.5. The van der Waals surface area contributed by atoms with E-state index in [4.69, 9.17) is 14.2 Å². The molecular weight excluding hydrogens is 420 g/mol. The van der Waals surface area contributed by atoms with Crippen LogP contribution in [0, 0.1) is 0 Å². The van der Waals surface area contributed by atoms with E-state index in [1.54, 1.807) is 24.3 Å². The zero-order chi connectivity index (χ0) is 22.9. The van der Waals surface area contributed by atoms with Gasteiger partial charge in [0.2, 0.25) is 5.91 Å². The Bertz CT molecular complexity index is 960. The molecule has 8 nitrogen and oxygen atoms in total. The Balaban J connectivity index is 2.39. The molecule has 2 rings (SSSR count). The minimum atomic E-state index is -4.07. The number of rotatable bonds is 12. The van der Waals surface area contributed by atoms with Crippen LogP contribution in [0.1, 0.15) is 26.2 Å². The smallest absolute Gasteiger partial charge is 0.264 e. The van der Waals surface area contributed by atoms with Gasteiger partial charge in [0.1, 0.15) is 12.3 Å². The van der Waals surface area contributed by atoms with Gasteiger partial charge in [-0.05, 0) is 42.8 Å². The fourth-order valence-electron chi connectivity index (χ4n) is 2.96. The molecule has 9 heteroatoms. The van der Waals surface area contributed by atoms with Crippen molar-refractivity contribution >= 4 is 21.6 Å². The predicted molar refractivity (Wildman–Crippen MR) is 120 cm³/mol. The van der Waals surface area contributed by atoms with Crippen molar-refractivity contribution in [1.82, 2.24) is 5.32 Å². The minimum Gasteiger partial charge on any atom is -0.497 e. The minimum absolute atomic E-state index is 0.0141. The van der Waals surface area contributed by atoms with Gasteiger partial charge in [0.25, 0.3) is 10.0 Å². The molecule has 1 N–H and O–H groups in total. The normalized spacial score (nSPS) is 11.0. The molecule has 0 aliphatic rings. The van der Waals surface area contributed by atoms with Crippen LogP contribution in [-0.2, 0) is 14.8 Å². The Morgan fingerprint density at radius 2 is 1.61 bits per heavy atom. The van der Waals surface area contributed by atoms with E-state index in [1.807, 2.05) is 0 Å². The molecule has 0 aliphatic carbocycles. The highest BCUT2D eigenvalue weighted by molar-refractivity contribution is 7.92. The van der Waals surface area contributed by atoms with Gasteiger partial charge >= 0.3 is 0 Å². The zero-order valence-electron chi connectivity index (χ0n) is 18.4. The first-order valence-electron chi connectivity index (χ1n) is 10.0. The van der Waals surface area contributed by atoms with Gasteiger partial charge in [0.15, 0.2) is 11.5 Å². The molecule has 2 aromatic carbocycles. The van der Waals surface area contributed by atoms with E-state index in [0.717, 1.165) is 23.6 Å². The maximum absolute atomic E-state index is 13.5. The topological polar surface area (TPSA) is 94.2 Å². The fourth-order valence-corrected chi connectivity index (χ4v) is 4.39. The van der Waals surface area contributed by atoms with E-state index < -0.39 is 10.0 Å². The van der Waals surface area contributed by atoms with Crippen molar-refractivity contribution in [2.75, 3.05) is 38.7 Å². The summed E-state index contributed by atoms with van der Waals surface area (Å²) in [4.78, 5) is 12.5. The van der Waals surface area contributed by atoms with Crippen molar-refractivity contribution in [2.45, 2.75) is 31.1 Å². The largest absolute Gasteiger partial charge is 0.497 e. The summed E-state index contributed by atoms with van der Waals surface area (Å²) in [6.45, 7) is 2.22. The summed E-state index contributed by atoms with van der Waals surface area (Å²) >= 11 is 0. The van der Waals surface area contributed by atoms with Crippen LogP contribution in [0.4, 0.5) is 5.69 Å². The van der Waals surface area contributed by atoms with Gasteiger partial charge in [-0.3, -0.25) is 9.10 Å². The van der Waals surface area contributed by atoms with Gasteiger partial charge in [-0.1, -0.05) is 19.8 Å². The number of anilines is 1. The molecule has 0 spiro atoms. The Morgan fingerprint density at radius 3 is 2.19 bits per heavy atom. The lowest BCUT2D eigenvalue weighted by molar-refractivity contribution is -0.119. The summed E-state index contributed by atoms with van der Waals surface area (Å²) in [6.07, 6.45) is 2.86. The Labute approximate surface area is 184 Å². The number of amides is 1. The van der Waals surface area contributed by atoms with E-state index in [-0.39, 0.29) is 23.1 Å². The second-order valence-corrected chi connectivity index (χ2v) is 8.65. The molecular formula is C22H30N2O6S. The molecule has 0 heterocycles. The molecule has 170 valence electrons. The van der Waals surface area contributed by atoms with E-state index >= 15 is 0 Å². The first kappa shape index (κ1) is 24.3. The van der Waals surface area contributed by atoms with Crippen LogP contribution >= 0.6 is 0 Å². The van der Waals surface area contributed by atoms with Gasteiger partial charge in [0.05, 0.1) is 31.9 Å². The number of unbranched alkanes of at least 4 members (excludes halogenated alkanes) is 2. The fraction of sp³-hybridized carbons (Fsp3) is 0.409. The quantitative estimate of drug-likeness (QED) is 0.499. The summed E-state index contributed by atoms with van der Waals surface area (Å²) in [7, 11) is 0.360. The number of hydrogen-bond acceptors (Lipinski definition) is 6. The third-order valence-electron chi connectivity index (χ3n) is 4.69. The number of hydrogen-bond donors (Lipinski definition) is 1. The summed E-state index contributed by atoms with van der Waals surface area (Å²) < 4.78 is 43.6. The van der Waals surface area contributed by atoms with Crippen LogP contribution < -0.4 is 23.8 Å². The predicted octanol–water partition coefficient (Wildman–Crippen LogP) is 3.21. The summed E-state index contributed by atoms with van der Waals surface area (Å²) in [5, 5.41) is 2.79. The summed E-state index contributed by atoms with van der Waals surface area (Å²) in [5.41, 5.74) is 0.347. The average Bonchev–Trinajstić information content (AvgIpc) is 2.79. The van der Waals surface area contributed by atoms with Crippen molar-refractivity contribution < 1.29 is 27.4 Å². The third kappa shape index (κ3) is 6.27. The molecule has 2 aromatic rings. The highest BCUT2D eigenvalue weighted by Crippen LogP contribution is 2.32. The molecule has 31 heavy (non-hydrogen) atoms. The molecule has 0 aliphatic heterocycles. The molecule has 1 amide bonds. The van der Waals surface area contributed by atoms with Gasteiger partial charge in [-0.15, -0.1) is 0 Å². The summed E-state index contributed by atoms with van der Waals surface area (Å²) in [5.74, 6) is 0.889. The van der Waals surface area contributed by atoms with Crippen molar-refractivity contribution in [1.29, 1.82) is 0 Å². The van der Waals surface area contributed by atoms with Gasteiger partial charge in [0, 0.05) is 12.6 Å². The molecule has 0 saturated carbocycles. The van der Waals surface area contributed by atoms with Gasteiger partial charge in [-0.25, -0.2) is 8.42 Å². The van der Waals surface area contributed by atoms with E-state index in [1.165, 1.54) is 39.5 Å². The number of carbonyl (C=O) groups excluding carboxylic acids is 1. The van der Waals surface area contributed by atoms with Crippen LogP contribution in [-0.4, -0.2) is 48.7 Å². The van der Waals surface area contributed by atoms with Crippen molar-refractivity contribution in [2.24, 2.45) is 0 Å². The number of sulfonamides is 1. The molecule has 0 radical (unpaired) electrons. The standard InChI is InChI=1S/C22H30N2O6S/c1-5-6-7-14-23-22(25)16-24(17-8-10-18(28-2)11-9-17)31(26,27)19-12-13-20(29-3)21(15-19)30-4/h8-13,15H,5-7,14,16H2,1-4H3,(H,23,25). The zero-order valence-corrected chi connectivity index (χ0v) is 19.2. The number of ether oxygens (including phenoxy) is 3. The number of methoxy groups -OCH3 is 3. The van der Waals surface area contributed by atoms with E-state index in [9.17, 15) is 13.2 Å². The molecule has 0 fully saturated rings. The third-order valence-corrected chi connectivity index (χ3v) is 6.46. The monoisotopic (exact) mass is 450 g/mol. The van der Waals surface area contributed by atoms with Crippen LogP contribution in [0.3, 0.4) is 0 Å². The lowest BCUT2D eigenvalue weighted by Crippen LogP contribution is -2.41. The van der Waals surface area contributed by atoms with Crippen LogP contribution in [0.15, 0.2) is 47.4 Å². The average molecular weight is 451 g/mol. The maximum Gasteiger partial charge on any atom is 0.264 e. The SMILES string of the molecule is CCCCCNC(=O)CN(c1ccc(OC)cc1)S(=O)(=O)c1ccc(OC)c(OC)c1. The van der Waals surface area contributed by atoms with Crippen LogP contribution in [0.25, 0.3) is 0 Å². The second-order valence-electron chi connectivity index (χ2n) is 6.78. The Hall–Kier alpha value is -2.94. The van der Waals surface area contributed by atoms with Gasteiger partial charge < -0.3 is 19.5 Å². The van der Waals surface area contributed by atoms with Crippen molar-refractivity contribution in [3.63, 3.8) is 0 Å². The number of benzene rings is 2. The molecule has 0 saturated heterocycles. The summed E-state index contributed by atoms with van der Waals surface area (Å²) in [6, 6.07) is 10.8. The van der Waals surface area contributed by atoms with Crippen molar-refractivity contribution in [3.05, 3.63) is 42.5 Å². The number of nitrogens with zero attached hydrogens (tertiary/aromatic N) is 1. The number of carbonyl (C=O) groups is 1. The first-order chi connectivity index (χ1) is 14.9. The molecule has 0 bridgehead atoms. The van der Waals surface area contributed by atoms with Crippen LogP contribution in [0.2, 0.25) is 0 Å².